The minimum Gasteiger partial charge on any atom is -0.394 e. The zero-order chi connectivity index (χ0) is 10.8. The van der Waals surface area contributed by atoms with Crippen LogP contribution in [-0.2, 0) is 9.84 Å². The standard InChI is InChI=1S/C9H13NO3S/c1-14(12,13)9-5-3-2-4-7(9)8(10)6-11/h2-5,8,11H,6,10H2,1H3/t8-/m1/s1. The first kappa shape index (κ1) is 11.2. The van der Waals surface area contributed by atoms with Gasteiger partial charge in [-0.2, -0.15) is 0 Å². The first-order valence-electron chi connectivity index (χ1n) is 4.12. The molecule has 5 heteroatoms. The fourth-order valence-electron chi connectivity index (χ4n) is 1.22. The van der Waals surface area contributed by atoms with Gasteiger partial charge in [0.15, 0.2) is 9.84 Å². The molecule has 1 aromatic rings. The predicted molar refractivity (Wildman–Crippen MR) is 53.6 cm³/mol. The van der Waals surface area contributed by atoms with Gasteiger partial charge in [-0.05, 0) is 11.6 Å². The normalized spacial score (nSPS) is 13.9. The monoisotopic (exact) mass is 215 g/mol. The Kier molecular flexibility index (Phi) is 3.25. The molecule has 0 amide bonds. The van der Waals surface area contributed by atoms with E-state index >= 15 is 0 Å². The Morgan fingerprint density at radius 2 is 2.00 bits per heavy atom. The van der Waals surface area contributed by atoms with Crippen molar-refractivity contribution in [1.29, 1.82) is 0 Å². The van der Waals surface area contributed by atoms with E-state index in [-0.39, 0.29) is 11.5 Å². The van der Waals surface area contributed by atoms with Gasteiger partial charge in [-0.1, -0.05) is 18.2 Å². The topological polar surface area (TPSA) is 80.4 Å². The maximum Gasteiger partial charge on any atom is 0.175 e. The van der Waals surface area contributed by atoms with Crippen LogP contribution < -0.4 is 5.73 Å². The SMILES string of the molecule is CS(=O)(=O)c1ccccc1[C@H](N)CO. The summed E-state index contributed by atoms with van der Waals surface area (Å²) >= 11 is 0. The molecule has 0 bridgehead atoms. The fraction of sp³-hybridized carbons (Fsp3) is 0.333. The van der Waals surface area contributed by atoms with Crippen molar-refractivity contribution in [3.05, 3.63) is 29.8 Å². The Bertz CT molecular complexity index is 414. The molecule has 0 heterocycles. The van der Waals surface area contributed by atoms with Crippen LogP contribution in [0.25, 0.3) is 0 Å². The zero-order valence-corrected chi connectivity index (χ0v) is 8.66. The van der Waals surface area contributed by atoms with Crippen LogP contribution in [0.3, 0.4) is 0 Å². The van der Waals surface area contributed by atoms with Crippen molar-refractivity contribution in [2.24, 2.45) is 5.73 Å². The van der Waals surface area contributed by atoms with Crippen molar-refractivity contribution >= 4 is 9.84 Å². The molecule has 0 fully saturated rings. The van der Waals surface area contributed by atoms with Gasteiger partial charge in [-0.25, -0.2) is 8.42 Å². The van der Waals surface area contributed by atoms with E-state index in [0.29, 0.717) is 5.56 Å². The Balaban J connectivity index is 3.30. The third-order valence-electron chi connectivity index (χ3n) is 1.91. The van der Waals surface area contributed by atoms with Crippen molar-refractivity contribution in [2.75, 3.05) is 12.9 Å². The van der Waals surface area contributed by atoms with E-state index in [9.17, 15) is 8.42 Å². The van der Waals surface area contributed by atoms with Crippen LogP contribution in [-0.4, -0.2) is 26.4 Å². The summed E-state index contributed by atoms with van der Waals surface area (Å²) < 4.78 is 22.7. The molecule has 0 unspecified atom stereocenters. The summed E-state index contributed by atoms with van der Waals surface area (Å²) in [5.74, 6) is 0. The molecule has 1 aromatic carbocycles. The van der Waals surface area contributed by atoms with Crippen LogP contribution in [0.5, 0.6) is 0 Å². The highest BCUT2D eigenvalue weighted by molar-refractivity contribution is 7.90. The number of aliphatic hydroxyl groups excluding tert-OH is 1. The second-order valence-electron chi connectivity index (χ2n) is 3.10. The number of hydrogen-bond donors (Lipinski definition) is 2. The highest BCUT2D eigenvalue weighted by Crippen LogP contribution is 2.20. The highest BCUT2D eigenvalue weighted by Gasteiger charge is 2.16. The Morgan fingerprint density at radius 3 is 2.50 bits per heavy atom. The second kappa shape index (κ2) is 4.08. The van der Waals surface area contributed by atoms with E-state index < -0.39 is 15.9 Å². The molecule has 0 aliphatic carbocycles. The number of sulfone groups is 1. The van der Waals surface area contributed by atoms with Gasteiger partial charge in [-0.3, -0.25) is 0 Å². The molecule has 14 heavy (non-hydrogen) atoms. The van der Waals surface area contributed by atoms with Crippen molar-refractivity contribution in [1.82, 2.24) is 0 Å². The number of hydrogen-bond acceptors (Lipinski definition) is 4. The summed E-state index contributed by atoms with van der Waals surface area (Å²) in [6.07, 6.45) is 1.12. The van der Waals surface area contributed by atoms with E-state index in [2.05, 4.69) is 0 Å². The number of nitrogens with two attached hydrogens (primary N) is 1. The summed E-state index contributed by atoms with van der Waals surface area (Å²) in [4.78, 5) is 0.182. The van der Waals surface area contributed by atoms with E-state index in [1.807, 2.05) is 0 Å². The molecule has 0 aliphatic heterocycles. The van der Waals surface area contributed by atoms with Crippen LogP contribution >= 0.6 is 0 Å². The van der Waals surface area contributed by atoms with Gasteiger partial charge in [0, 0.05) is 6.26 Å². The molecular formula is C9H13NO3S. The van der Waals surface area contributed by atoms with Crippen molar-refractivity contribution in [3.63, 3.8) is 0 Å². The van der Waals surface area contributed by atoms with E-state index in [4.69, 9.17) is 10.8 Å². The molecule has 78 valence electrons. The molecule has 1 atom stereocenters. The molecule has 0 aliphatic rings. The third-order valence-corrected chi connectivity index (χ3v) is 3.09. The molecule has 0 saturated carbocycles. The van der Waals surface area contributed by atoms with Crippen molar-refractivity contribution < 1.29 is 13.5 Å². The summed E-state index contributed by atoms with van der Waals surface area (Å²) in [5.41, 5.74) is 6.03. The number of aliphatic hydroxyl groups is 1. The summed E-state index contributed by atoms with van der Waals surface area (Å²) in [5, 5.41) is 8.86. The fourth-order valence-corrected chi connectivity index (χ4v) is 2.20. The number of rotatable bonds is 3. The first-order chi connectivity index (χ1) is 6.46. The van der Waals surface area contributed by atoms with E-state index in [1.54, 1.807) is 18.2 Å². The van der Waals surface area contributed by atoms with Gasteiger partial charge in [0.2, 0.25) is 0 Å². The van der Waals surface area contributed by atoms with Gasteiger partial charge in [0.25, 0.3) is 0 Å². The van der Waals surface area contributed by atoms with Crippen molar-refractivity contribution in [2.45, 2.75) is 10.9 Å². The highest BCUT2D eigenvalue weighted by atomic mass is 32.2. The van der Waals surface area contributed by atoms with Crippen LogP contribution in [0.1, 0.15) is 11.6 Å². The lowest BCUT2D eigenvalue weighted by atomic mass is 10.1. The second-order valence-corrected chi connectivity index (χ2v) is 5.08. The third kappa shape index (κ3) is 2.31. The quantitative estimate of drug-likeness (QED) is 0.748. The van der Waals surface area contributed by atoms with Crippen LogP contribution in [0.15, 0.2) is 29.2 Å². The lowest BCUT2D eigenvalue weighted by Crippen LogP contribution is -2.17. The average Bonchev–Trinajstić information content (AvgIpc) is 2.15. The first-order valence-corrected chi connectivity index (χ1v) is 6.01. The molecule has 1 rings (SSSR count). The smallest absolute Gasteiger partial charge is 0.175 e. The van der Waals surface area contributed by atoms with E-state index in [0.717, 1.165) is 6.26 Å². The predicted octanol–water partition coefficient (Wildman–Crippen LogP) is 0.0822. The van der Waals surface area contributed by atoms with Crippen LogP contribution in [0, 0.1) is 0 Å². The van der Waals surface area contributed by atoms with Crippen LogP contribution in [0.4, 0.5) is 0 Å². The number of benzene rings is 1. The minimum absolute atomic E-state index is 0.182. The minimum atomic E-state index is -3.28. The summed E-state index contributed by atoms with van der Waals surface area (Å²) in [7, 11) is -3.28. The molecule has 0 saturated heterocycles. The maximum atomic E-state index is 11.3. The lowest BCUT2D eigenvalue weighted by Gasteiger charge is -2.12. The molecular weight excluding hydrogens is 202 g/mol. The van der Waals surface area contributed by atoms with Gasteiger partial charge < -0.3 is 10.8 Å². The van der Waals surface area contributed by atoms with E-state index in [1.165, 1.54) is 6.07 Å². The Hall–Kier alpha value is -0.910. The van der Waals surface area contributed by atoms with Crippen LogP contribution in [0.2, 0.25) is 0 Å². The Labute approximate surface area is 83.3 Å². The molecule has 3 N–H and O–H groups in total. The molecule has 0 spiro atoms. The molecule has 0 aromatic heterocycles. The lowest BCUT2D eigenvalue weighted by molar-refractivity contribution is 0.266. The summed E-state index contributed by atoms with van der Waals surface area (Å²) in [6.45, 7) is -0.271. The zero-order valence-electron chi connectivity index (χ0n) is 7.84. The van der Waals surface area contributed by atoms with Gasteiger partial charge in [0.1, 0.15) is 0 Å². The van der Waals surface area contributed by atoms with Gasteiger partial charge >= 0.3 is 0 Å². The average molecular weight is 215 g/mol. The maximum absolute atomic E-state index is 11.3. The van der Waals surface area contributed by atoms with Crippen molar-refractivity contribution in [3.8, 4) is 0 Å². The molecule has 0 radical (unpaired) electrons. The summed E-state index contributed by atoms with van der Waals surface area (Å²) in [6, 6.07) is 5.77. The Morgan fingerprint density at radius 1 is 1.43 bits per heavy atom. The largest absolute Gasteiger partial charge is 0.394 e. The molecule has 4 nitrogen and oxygen atoms in total. The van der Waals surface area contributed by atoms with Gasteiger partial charge in [-0.15, -0.1) is 0 Å². The van der Waals surface area contributed by atoms with Gasteiger partial charge in [0.05, 0.1) is 17.5 Å².